The summed E-state index contributed by atoms with van der Waals surface area (Å²) in [6.45, 7) is 0. The Kier molecular flexibility index (Phi) is 11.4. The van der Waals surface area contributed by atoms with E-state index < -0.39 is 0 Å². The molecule has 0 N–H and O–H groups in total. The number of methoxy groups -OCH3 is 1. The molecular weight excluding hydrogens is 689 g/mol. The molecule has 0 amide bonds. The van der Waals surface area contributed by atoms with Crippen LogP contribution >= 0.6 is 23.5 Å². The van der Waals surface area contributed by atoms with Crippen molar-refractivity contribution in [2.24, 2.45) is 0 Å². The standard InChI is InChI=1S/C21H17N3O2S.C20H15N3OS/c1-25-19-8-6-17(7-9-19)16-4-2-15(3-5-16)14-27-21-24-23-20(26-21)18-10-12-22-13-11-18;1-2-4-16(5-3-1)17-8-6-15(7-9-17)14-25-20-23-22-19(24-20)18-10-12-21-13-11-18/h2-13H,14H2,1H3;1-13H,14H2. The summed E-state index contributed by atoms with van der Waals surface area (Å²) in [7, 11) is 1.67. The van der Waals surface area contributed by atoms with Gasteiger partial charge in [-0.2, -0.15) is 0 Å². The highest BCUT2D eigenvalue weighted by Crippen LogP contribution is 2.29. The molecule has 0 aliphatic rings. The minimum atomic E-state index is 0.509. The molecule has 4 heterocycles. The maximum atomic E-state index is 5.71. The molecule has 4 aromatic carbocycles. The highest BCUT2D eigenvalue weighted by Gasteiger charge is 2.11. The van der Waals surface area contributed by atoms with Crippen LogP contribution in [0.15, 0.2) is 171 Å². The molecule has 0 spiro atoms. The minimum absolute atomic E-state index is 0.509. The minimum Gasteiger partial charge on any atom is -0.497 e. The fraction of sp³-hybridized carbons (Fsp3) is 0.0732. The van der Waals surface area contributed by atoms with Crippen molar-refractivity contribution in [1.29, 1.82) is 0 Å². The van der Waals surface area contributed by atoms with Gasteiger partial charge in [0.15, 0.2) is 0 Å². The molecule has 256 valence electrons. The van der Waals surface area contributed by atoms with Gasteiger partial charge in [-0.3, -0.25) is 9.97 Å². The molecule has 9 nitrogen and oxygen atoms in total. The summed E-state index contributed by atoms with van der Waals surface area (Å²) in [6.07, 6.45) is 6.83. The molecule has 0 unspecified atom stereocenters. The SMILES string of the molecule is COc1ccc(-c2ccc(CSc3nnc(-c4ccncc4)o3)cc2)cc1.c1ccc(-c2ccc(CSc3nnc(-c4ccncc4)o3)cc2)cc1. The Hall–Kier alpha value is -6.04. The van der Waals surface area contributed by atoms with Crippen molar-refractivity contribution in [3.8, 4) is 50.9 Å². The summed E-state index contributed by atoms with van der Waals surface area (Å²) in [5.41, 5.74) is 8.93. The van der Waals surface area contributed by atoms with Crippen LogP contribution in [0.3, 0.4) is 0 Å². The van der Waals surface area contributed by atoms with Crippen LogP contribution in [0.5, 0.6) is 5.75 Å². The molecule has 0 fully saturated rings. The average Bonchev–Trinajstić information content (AvgIpc) is 3.92. The Bertz CT molecular complexity index is 2270. The fourth-order valence-corrected chi connectivity index (χ4v) is 6.49. The van der Waals surface area contributed by atoms with Crippen molar-refractivity contribution >= 4 is 23.5 Å². The third-order valence-electron chi connectivity index (χ3n) is 7.83. The molecule has 8 aromatic rings. The van der Waals surface area contributed by atoms with Crippen molar-refractivity contribution < 1.29 is 13.6 Å². The van der Waals surface area contributed by atoms with Gasteiger partial charge in [0, 0.05) is 47.4 Å². The zero-order chi connectivity index (χ0) is 35.4. The van der Waals surface area contributed by atoms with E-state index in [1.54, 1.807) is 31.9 Å². The number of aromatic nitrogens is 6. The van der Waals surface area contributed by atoms with Gasteiger partial charge in [-0.1, -0.05) is 115 Å². The maximum absolute atomic E-state index is 5.71. The van der Waals surface area contributed by atoms with Gasteiger partial charge in [0.25, 0.3) is 10.4 Å². The molecule has 8 rings (SSSR count). The molecule has 0 saturated heterocycles. The van der Waals surface area contributed by atoms with Crippen molar-refractivity contribution in [1.82, 2.24) is 30.4 Å². The Morgan fingerprint density at radius 3 is 1.27 bits per heavy atom. The quantitative estimate of drug-likeness (QED) is 0.119. The summed E-state index contributed by atoms with van der Waals surface area (Å²) in [4.78, 5) is 7.98. The fourth-order valence-electron chi connectivity index (χ4n) is 5.05. The lowest BCUT2D eigenvalue weighted by Crippen LogP contribution is -1.84. The topological polar surface area (TPSA) is 113 Å². The smallest absolute Gasteiger partial charge is 0.277 e. The zero-order valence-corrected chi connectivity index (χ0v) is 29.7. The van der Waals surface area contributed by atoms with Crippen molar-refractivity contribution in [3.05, 3.63) is 163 Å². The predicted octanol–water partition coefficient (Wildman–Crippen LogP) is 10.2. The van der Waals surface area contributed by atoms with E-state index in [9.17, 15) is 0 Å². The second-order valence-electron chi connectivity index (χ2n) is 11.3. The van der Waals surface area contributed by atoms with Gasteiger partial charge < -0.3 is 13.6 Å². The van der Waals surface area contributed by atoms with Crippen molar-refractivity contribution in [3.63, 3.8) is 0 Å². The molecule has 0 saturated carbocycles. The summed E-state index contributed by atoms with van der Waals surface area (Å²) in [6, 6.07) is 42.8. The maximum Gasteiger partial charge on any atom is 0.277 e. The first kappa shape index (κ1) is 34.4. The van der Waals surface area contributed by atoms with Gasteiger partial charge >= 0.3 is 0 Å². The van der Waals surface area contributed by atoms with E-state index in [2.05, 4.69) is 115 Å². The van der Waals surface area contributed by atoms with E-state index in [4.69, 9.17) is 13.6 Å². The lowest BCUT2D eigenvalue weighted by atomic mass is 10.0. The van der Waals surface area contributed by atoms with E-state index in [1.807, 2.05) is 42.5 Å². The Morgan fingerprint density at radius 1 is 0.442 bits per heavy atom. The number of hydrogen-bond donors (Lipinski definition) is 0. The first-order chi connectivity index (χ1) is 25.7. The van der Waals surface area contributed by atoms with Crippen LogP contribution in [-0.4, -0.2) is 37.5 Å². The first-order valence-corrected chi connectivity index (χ1v) is 18.3. The van der Waals surface area contributed by atoms with Gasteiger partial charge in [0.2, 0.25) is 11.8 Å². The Balaban J connectivity index is 0.000000162. The number of rotatable bonds is 11. The predicted molar refractivity (Wildman–Crippen MR) is 204 cm³/mol. The number of ether oxygens (including phenoxy) is 1. The third kappa shape index (κ3) is 9.19. The Labute approximate surface area is 309 Å². The molecule has 0 atom stereocenters. The van der Waals surface area contributed by atoms with Crippen LogP contribution in [0, 0.1) is 0 Å². The largest absolute Gasteiger partial charge is 0.497 e. The second-order valence-corrected chi connectivity index (χ2v) is 13.1. The number of pyridine rings is 2. The lowest BCUT2D eigenvalue weighted by Gasteiger charge is -2.05. The molecule has 0 aliphatic heterocycles. The van der Waals surface area contributed by atoms with Gasteiger partial charge in [-0.25, -0.2) is 0 Å². The summed E-state index contributed by atoms with van der Waals surface area (Å²) in [5, 5.41) is 17.5. The summed E-state index contributed by atoms with van der Waals surface area (Å²) in [5.74, 6) is 3.44. The van der Waals surface area contributed by atoms with E-state index in [1.165, 1.54) is 51.3 Å². The highest BCUT2D eigenvalue weighted by molar-refractivity contribution is 7.98. The van der Waals surface area contributed by atoms with Crippen LogP contribution in [0.25, 0.3) is 45.2 Å². The normalized spacial score (nSPS) is 10.7. The first-order valence-electron chi connectivity index (χ1n) is 16.3. The molecule has 11 heteroatoms. The van der Waals surface area contributed by atoms with Crippen LogP contribution in [0.4, 0.5) is 0 Å². The van der Waals surface area contributed by atoms with Crippen LogP contribution in [0.1, 0.15) is 11.1 Å². The molecule has 4 aromatic heterocycles. The lowest BCUT2D eigenvalue weighted by molar-refractivity contribution is 0.415. The van der Waals surface area contributed by atoms with Crippen LogP contribution in [0.2, 0.25) is 0 Å². The van der Waals surface area contributed by atoms with Crippen LogP contribution < -0.4 is 4.74 Å². The van der Waals surface area contributed by atoms with Gasteiger partial charge in [-0.15, -0.1) is 20.4 Å². The van der Waals surface area contributed by atoms with E-state index in [0.29, 0.717) is 22.2 Å². The van der Waals surface area contributed by atoms with E-state index in [-0.39, 0.29) is 0 Å². The average molecular weight is 721 g/mol. The number of thioether (sulfide) groups is 2. The number of nitrogens with zero attached hydrogens (tertiary/aromatic N) is 6. The molecule has 0 aliphatic carbocycles. The molecule has 0 radical (unpaired) electrons. The zero-order valence-electron chi connectivity index (χ0n) is 28.1. The summed E-state index contributed by atoms with van der Waals surface area (Å²) < 4.78 is 16.6. The molecule has 0 bridgehead atoms. The third-order valence-corrected chi connectivity index (χ3v) is 9.61. The Morgan fingerprint density at radius 2 is 0.846 bits per heavy atom. The van der Waals surface area contributed by atoms with Gasteiger partial charge in [0.1, 0.15) is 5.75 Å². The summed E-state index contributed by atoms with van der Waals surface area (Å²) >= 11 is 3.06. The van der Waals surface area contributed by atoms with Crippen molar-refractivity contribution in [2.45, 2.75) is 22.0 Å². The van der Waals surface area contributed by atoms with Gasteiger partial charge in [-0.05, 0) is 69.8 Å². The number of benzene rings is 4. The van der Waals surface area contributed by atoms with Crippen LogP contribution in [-0.2, 0) is 11.5 Å². The molecular formula is C41H32N6O3S2. The van der Waals surface area contributed by atoms with E-state index in [0.717, 1.165) is 33.9 Å². The molecule has 52 heavy (non-hydrogen) atoms. The monoisotopic (exact) mass is 720 g/mol. The van der Waals surface area contributed by atoms with Gasteiger partial charge in [0.05, 0.1) is 7.11 Å². The van der Waals surface area contributed by atoms with E-state index >= 15 is 0 Å². The highest BCUT2D eigenvalue weighted by atomic mass is 32.2. The second kappa shape index (κ2) is 17.3. The number of hydrogen-bond acceptors (Lipinski definition) is 11. The van der Waals surface area contributed by atoms with Crippen molar-refractivity contribution in [2.75, 3.05) is 7.11 Å².